The molecule has 4 N–H and O–H groups in total. The van der Waals surface area contributed by atoms with Crippen LogP contribution in [0.2, 0.25) is 0 Å². The maximum absolute atomic E-state index is 11.8. The first-order valence-electron chi connectivity index (χ1n) is 4.70. The van der Waals surface area contributed by atoms with E-state index in [1.54, 1.807) is 12.3 Å². The normalized spacial score (nSPS) is 10.1. The quantitative estimate of drug-likeness (QED) is 0.697. The average Bonchev–Trinajstić information content (AvgIpc) is 2.65. The summed E-state index contributed by atoms with van der Waals surface area (Å²) in [6, 6.07) is 3.59. The molecule has 0 spiro atoms. The second kappa shape index (κ2) is 4.01. The van der Waals surface area contributed by atoms with E-state index < -0.39 is 0 Å². The van der Waals surface area contributed by atoms with Gasteiger partial charge in [-0.2, -0.15) is 5.10 Å². The lowest BCUT2D eigenvalue weighted by molar-refractivity contribution is 0.102. The minimum Gasteiger partial charge on any atom is -0.394 e. The summed E-state index contributed by atoms with van der Waals surface area (Å²) >= 11 is 0. The van der Waals surface area contributed by atoms with Crippen LogP contribution in [0.25, 0.3) is 0 Å². The van der Waals surface area contributed by atoms with Gasteiger partial charge < -0.3 is 11.1 Å². The Labute approximate surface area is 91.9 Å². The van der Waals surface area contributed by atoms with E-state index in [0.29, 0.717) is 17.2 Å². The fourth-order valence-corrected chi connectivity index (χ4v) is 1.29. The molecular weight excluding hydrogens is 206 g/mol. The lowest BCUT2D eigenvalue weighted by Gasteiger charge is -2.04. The predicted molar refractivity (Wildman–Crippen MR) is 59.9 cm³/mol. The first kappa shape index (κ1) is 10.2. The van der Waals surface area contributed by atoms with Gasteiger partial charge in [-0.1, -0.05) is 6.07 Å². The molecule has 0 fully saturated rings. The molecule has 0 aromatic carbocycles. The smallest absolute Gasteiger partial charge is 0.275 e. The van der Waals surface area contributed by atoms with Crippen LogP contribution in [0.4, 0.5) is 11.5 Å². The molecule has 0 aliphatic rings. The molecule has 82 valence electrons. The highest BCUT2D eigenvalue weighted by atomic mass is 16.2. The number of nitrogens with one attached hydrogen (secondary N) is 2. The molecule has 1 amide bonds. The summed E-state index contributed by atoms with van der Waals surface area (Å²) in [6.45, 7) is 1.82. The number of hydrogen-bond donors (Lipinski definition) is 3. The third-order valence-corrected chi connectivity index (χ3v) is 2.13. The number of carbonyl (C=O) groups excluding carboxylic acids is 1. The van der Waals surface area contributed by atoms with Crippen LogP contribution in [0.1, 0.15) is 16.1 Å². The minimum absolute atomic E-state index is 0.311. The lowest BCUT2D eigenvalue weighted by atomic mass is 10.2. The van der Waals surface area contributed by atoms with Crippen molar-refractivity contribution in [2.24, 2.45) is 0 Å². The molecule has 0 saturated carbocycles. The molecule has 2 heterocycles. The number of nitrogens with two attached hydrogens (primary N) is 1. The Bertz CT molecular complexity index is 519. The van der Waals surface area contributed by atoms with Crippen molar-refractivity contribution < 1.29 is 4.79 Å². The van der Waals surface area contributed by atoms with Crippen molar-refractivity contribution in [2.45, 2.75) is 6.92 Å². The van der Waals surface area contributed by atoms with E-state index in [2.05, 4.69) is 20.5 Å². The number of pyridine rings is 1. The number of nitrogens with zero attached hydrogens (tertiary/aromatic N) is 2. The van der Waals surface area contributed by atoms with Crippen LogP contribution >= 0.6 is 0 Å². The molecule has 16 heavy (non-hydrogen) atoms. The van der Waals surface area contributed by atoms with Gasteiger partial charge in [-0.15, -0.1) is 0 Å². The summed E-state index contributed by atoms with van der Waals surface area (Å²) in [6.07, 6.45) is 3.00. The summed E-state index contributed by atoms with van der Waals surface area (Å²) in [5.41, 5.74) is 7.14. The van der Waals surface area contributed by atoms with E-state index in [9.17, 15) is 4.79 Å². The second-order valence-electron chi connectivity index (χ2n) is 3.32. The van der Waals surface area contributed by atoms with E-state index in [0.717, 1.165) is 5.56 Å². The molecule has 0 aliphatic carbocycles. The van der Waals surface area contributed by atoms with Crippen LogP contribution < -0.4 is 11.1 Å². The van der Waals surface area contributed by atoms with Crippen LogP contribution in [0.5, 0.6) is 0 Å². The van der Waals surface area contributed by atoms with Crippen molar-refractivity contribution in [2.75, 3.05) is 11.1 Å². The summed E-state index contributed by atoms with van der Waals surface area (Å²) < 4.78 is 0. The Morgan fingerprint density at radius 1 is 1.56 bits per heavy atom. The van der Waals surface area contributed by atoms with E-state index >= 15 is 0 Å². The Morgan fingerprint density at radius 3 is 3.00 bits per heavy atom. The molecule has 2 aromatic rings. The van der Waals surface area contributed by atoms with Crippen molar-refractivity contribution in [3.05, 3.63) is 35.8 Å². The number of anilines is 2. The van der Waals surface area contributed by atoms with Crippen molar-refractivity contribution >= 4 is 17.4 Å². The number of H-pyrrole nitrogens is 1. The molecule has 0 radical (unpaired) electrons. The Hall–Kier alpha value is -2.37. The number of aromatic amines is 1. The molecule has 6 nitrogen and oxygen atoms in total. The average molecular weight is 217 g/mol. The summed E-state index contributed by atoms with van der Waals surface area (Å²) in [5, 5.41) is 8.90. The zero-order valence-electron chi connectivity index (χ0n) is 8.69. The molecule has 0 bridgehead atoms. The minimum atomic E-state index is -0.311. The number of amides is 1. The third-order valence-electron chi connectivity index (χ3n) is 2.13. The Balaban J connectivity index is 2.22. The fraction of sp³-hybridized carbons (Fsp3) is 0.100. The number of rotatable bonds is 2. The van der Waals surface area contributed by atoms with Crippen LogP contribution in [0.3, 0.4) is 0 Å². The molecule has 2 rings (SSSR count). The van der Waals surface area contributed by atoms with Crippen molar-refractivity contribution in [1.29, 1.82) is 0 Å². The SMILES string of the molecule is Cc1cccnc1C(=O)Nc1[nH]ncc1N. The fourth-order valence-electron chi connectivity index (χ4n) is 1.29. The van der Waals surface area contributed by atoms with E-state index in [1.807, 2.05) is 13.0 Å². The van der Waals surface area contributed by atoms with Gasteiger partial charge in [-0.25, -0.2) is 0 Å². The zero-order chi connectivity index (χ0) is 11.5. The molecule has 0 saturated heterocycles. The van der Waals surface area contributed by atoms with Crippen molar-refractivity contribution in [1.82, 2.24) is 15.2 Å². The molecule has 6 heteroatoms. The summed E-state index contributed by atoms with van der Waals surface area (Å²) in [5.74, 6) is 0.0732. The zero-order valence-corrected chi connectivity index (χ0v) is 8.69. The van der Waals surface area contributed by atoms with Gasteiger partial charge in [0.05, 0.1) is 11.9 Å². The van der Waals surface area contributed by atoms with Gasteiger partial charge in [-0.3, -0.25) is 14.9 Å². The number of carbonyl (C=O) groups is 1. The van der Waals surface area contributed by atoms with E-state index in [4.69, 9.17) is 5.73 Å². The van der Waals surface area contributed by atoms with Gasteiger partial charge in [0.2, 0.25) is 0 Å². The van der Waals surface area contributed by atoms with Crippen molar-refractivity contribution in [3.8, 4) is 0 Å². The van der Waals surface area contributed by atoms with Gasteiger partial charge in [0.15, 0.2) is 5.82 Å². The maximum Gasteiger partial charge on any atom is 0.275 e. The van der Waals surface area contributed by atoms with Crippen LogP contribution in [-0.2, 0) is 0 Å². The Kier molecular flexibility index (Phi) is 2.55. The van der Waals surface area contributed by atoms with Gasteiger partial charge in [0.25, 0.3) is 5.91 Å². The van der Waals surface area contributed by atoms with Gasteiger partial charge >= 0.3 is 0 Å². The first-order chi connectivity index (χ1) is 7.68. The third kappa shape index (κ3) is 1.85. The van der Waals surface area contributed by atoms with Gasteiger partial charge in [0, 0.05) is 6.20 Å². The second-order valence-corrected chi connectivity index (χ2v) is 3.32. The topological polar surface area (TPSA) is 96.7 Å². The number of hydrogen-bond acceptors (Lipinski definition) is 4. The van der Waals surface area contributed by atoms with E-state index in [-0.39, 0.29) is 5.91 Å². The number of aromatic nitrogens is 3. The molecule has 0 unspecified atom stereocenters. The predicted octanol–water partition coefficient (Wildman–Crippen LogP) is 0.948. The molecule has 0 atom stereocenters. The highest BCUT2D eigenvalue weighted by Gasteiger charge is 2.12. The van der Waals surface area contributed by atoms with Crippen LogP contribution in [0, 0.1) is 6.92 Å². The van der Waals surface area contributed by atoms with Crippen LogP contribution in [0.15, 0.2) is 24.5 Å². The highest BCUT2D eigenvalue weighted by Crippen LogP contribution is 2.14. The highest BCUT2D eigenvalue weighted by molar-refractivity contribution is 6.04. The maximum atomic E-state index is 11.8. The molecular formula is C10H11N5O. The summed E-state index contributed by atoms with van der Waals surface area (Å²) in [7, 11) is 0. The Morgan fingerprint density at radius 2 is 2.38 bits per heavy atom. The van der Waals surface area contributed by atoms with Gasteiger partial charge in [-0.05, 0) is 18.6 Å². The van der Waals surface area contributed by atoms with Gasteiger partial charge in [0.1, 0.15) is 5.69 Å². The van der Waals surface area contributed by atoms with E-state index in [1.165, 1.54) is 6.20 Å². The standard InChI is InChI=1S/C10H11N5O/c1-6-3-2-4-12-8(6)10(16)14-9-7(11)5-13-15-9/h2-5H,11H2,1H3,(H2,13,14,15,16). The largest absolute Gasteiger partial charge is 0.394 e. The monoisotopic (exact) mass is 217 g/mol. The number of nitrogen functional groups attached to an aromatic ring is 1. The summed E-state index contributed by atoms with van der Waals surface area (Å²) in [4.78, 5) is 15.8. The molecule has 0 aliphatic heterocycles. The number of aryl methyl sites for hydroxylation is 1. The van der Waals surface area contributed by atoms with Crippen LogP contribution in [-0.4, -0.2) is 21.1 Å². The first-order valence-corrected chi connectivity index (χ1v) is 4.70. The lowest BCUT2D eigenvalue weighted by Crippen LogP contribution is -2.16. The molecule has 2 aromatic heterocycles. The van der Waals surface area contributed by atoms with Crippen molar-refractivity contribution in [3.63, 3.8) is 0 Å².